The second-order valence-electron chi connectivity index (χ2n) is 12.7. The summed E-state index contributed by atoms with van der Waals surface area (Å²) >= 11 is 1.07. The van der Waals surface area contributed by atoms with Crippen molar-refractivity contribution in [1.82, 2.24) is 16.0 Å². The average Bonchev–Trinajstić information content (AvgIpc) is 2.96. The van der Waals surface area contributed by atoms with E-state index < -0.39 is 30.1 Å². The number of hydrogen-bond donors (Lipinski definition) is 4. The van der Waals surface area contributed by atoms with Gasteiger partial charge in [0.1, 0.15) is 12.2 Å². The van der Waals surface area contributed by atoms with E-state index in [0.717, 1.165) is 31.3 Å². The first-order chi connectivity index (χ1) is 22.1. The second-order valence-corrected chi connectivity index (χ2v) is 13.5. The van der Waals surface area contributed by atoms with Crippen LogP contribution in [-0.2, 0) is 58.1 Å². The normalized spacial score (nSPS) is 12.1. The minimum Gasteiger partial charge on any atom is -0.339 e. The monoisotopic (exact) mass is 712 g/mol. The van der Waals surface area contributed by atoms with Crippen molar-refractivity contribution in [3.05, 3.63) is 0 Å². The van der Waals surface area contributed by atoms with Crippen LogP contribution in [-0.4, -0.2) is 85.7 Å². The Morgan fingerprint density at radius 2 is 1.35 bits per heavy atom. The van der Waals surface area contributed by atoms with Gasteiger partial charge in [0, 0.05) is 51.7 Å². The summed E-state index contributed by atoms with van der Waals surface area (Å²) in [5.41, 5.74) is 5.58. The van der Waals surface area contributed by atoms with E-state index in [1.807, 2.05) is 0 Å². The molecule has 0 radical (unpaired) electrons. The number of carbonyl (C=O) groups excluding carboxylic acids is 6. The largest absolute Gasteiger partial charge is 0.345 e. The van der Waals surface area contributed by atoms with Gasteiger partial charge in [-0.3, -0.25) is 29.0 Å². The molecule has 0 heterocycles. The van der Waals surface area contributed by atoms with Crippen LogP contribution >= 0.6 is 11.8 Å². The fourth-order valence-corrected chi connectivity index (χ4v) is 3.33. The van der Waals surface area contributed by atoms with Crippen molar-refractivity contribution in [2.45, 2.75) is 125 Å². The summed E-state index contributed by atoms with van der Waals surface area (Å²) < 4.78 is 0. The maximum Gasteiger partial charge on any atom is 0.345 e. The summed E-state index contributed by atoms with van der Waals surface area (Å²) in [6.07, 6.45) is 2.80. The highest BCUT2D eigenvalue weighted by atomic mass is 32.2. The number of amides is 2. The summed E-state index contributed by atoms with van der Waals surface area (Å²) in [6, 6.07) is 0. The molecule has 282 valence electrons. The van der Waals surface area contributed by atoms with Crippen molar-refractivity contribution >= 4 is 46.6 Å². The Morgan fingerprint density at radius 1 is 0.812 bits per heavy atom. The van der Waals surface area contributed by atoms with Crippen molar-refractivity contribution in [3.63, 3.8) is 0 Å². The molecule has 0 aromatic rings. The summed E-state index contributed by atoms with van der Waals surface area (Å²) in [4.78, 5) is 93.3. The first-order valence-corrected chi connectivity index (χ1v) is 16.8. The number of thioether (sulfide) groups is 1. The summed E-state index contributed by atoms with van der Waals surface area (Å²) in [5.74, 6) is -2.09. The molecule has 0 spiro atoms. The predicted molar refractivity (Wildman–Crippen MR) is 180 cm³/mol. The minimum atomic E-state index is -0.600. The molecule has 5 N–H and O–H groups in total. The molecule has 0 saturated heterocycles. The number of rotatable bonds is 19. The highest BCUT2D eigenvalue weighted by molar-refractivity contribution is 8.13. The van der Waals surface area contributed by atoms with Gasteiger partial charge in [-0.2, -0.15) is 14.7 Å². The van der Waals surface area contributed by atoms with Gasteiger partial charge in [-0.05, 0) is 58.6 Å². The van der Waals surface area contributed by atoms with E-state index in [0.29, 0.717) is 19.3 Å². The molecule has 0 aliphatic heterocycles. The molecule has 2 amide bonds. The van der Waals surface area contributed by atoms with Gasteiger partial charge in [0.2, 0.25) is 11.8 Å². The van der Waals surface area contributed by atoms with Crippen molar-refractivity contribution < 1.29 is 58.1 Å². The molecule has 0 aromatic heterocycles. The number of nitrogens with two attached hydrogens (primary N) is 1. The summed E-state index contributed by atoms with van der Waals surface area (Å²) in [7, 11) is 1.22. The second kappa shape index (κ2) is 29.1. The standard InChI is InChI=1S/C18H32N2O6S.C7H12O6.C6H16N2/c1-13(21)25-26-14(11-17(24)27-5)7-6-8-15(22)19-12-20-16(23)9-10-18(2,3)4;1-5(11-12-6(2)8)4-7(9)13-10-3;1-6(2,3)8-5-4-7/h14H,6-12H2,1-5H3,(H,19,22)(H,20,23);5H,4H2,1-3H3;8H,4-5,7H2,1-3H3/t14-;;/m1../s1. The maximum absolute atomic E-state index is 11.8. The van der Waals surface area contributed by atoms with Crippen LogP contribution in [0.25, 0.3) is 0 Å². The van der Waals surface area contributed by atoms with Gasteiger partial charge < -0.3 is 21.7 Å². The molecule has 2 atom stereocenters. The SMILES string of the molecule is CC(C)(C)NCCN.COOC(=O)CC(C)OOC(C)=O.CSC(=O)C[C@@H](CCCC(=O)NCNC(=O)CCC(C)(C)C)OOC(C)=O. The van der Waals surface area contributed by atoms with Crippen molar-refractivity contribution in [2.24, 2.45) is 11.1 Å². The van der Waals surface area contributed by atoms with Gasteiger partial charge >= 0.3 is 17.9 Å². The Morgan fingerprint density at radius 3 is 1.79 bits per heavy atom. The number of hydrogen-bond acceptors (Lipinski definition) is 15. The zero-order valence-corrected chi connectivity index (χ0v) is 31.4. The lowest BCUT2D eigenvalue weighted by Gasteiger charge is -2.19. The van der Waals surface area contributed by atoms with Crippen LogP contribution in [0.4, 0.5) is 0 Å². The van der Waals surface area contributed by atoms with E-state index in [9.17, 15) is 28.8 Å². The molecule has 16 nitrogen and oxygen atoms in total. The van der Waals surface area contributed by atoms with Crippen LogP contribution in [0.2, 0.25) is 0 Å². The van der Waals surface area contributed by atoms with E-state index in [1.165, 1.54) is 21.0 Å². The topological polar surface area (TPSA) is 220 Å². The molecule has 0 bridgehead atoms. The Bertz CT molecular complexity index is 939. The summed E-state index contributed by atoms with van der Waals surface area (Å²) in [6.45, 7) is 18.2. The van der Waals surface area contributed by atoms with Crippen molar-refractivity contribution in [2.75, 3.05) is 33.1 Å². The molecule has 1 unspecified atom stereocenters. The van der Waals surface area contributed by atoms with E-state index >= 15 is 0 Å². The van der Waals surface area contributed by atoms with Crippen LogP contribution in [0.5, 0.6) is 0 Å². The molecule has 17 heteroatoms. The van der Waals surface area contributed by atoms with Gasteiger partial charge in [0.05, 0.1) is 20.2 Å². The lowest BCUT2D eigenvalue weighted by atomic mass is 9.90. The lowest BCUT2D eigenvalue weighted by Crippen LogP contribution is -2.38. The van der Waals surface area contributed by atoms with Crippen LogP contribution in [0, 0.1) is 5.41 Å². The molecule has 0 aliphatic carbocycles. The van der Waals surface area contributed by atoms with Gasteiger partial charge in [0.25, 0.3) is 0 Å². The van der Waals surface area contributed by atoms with Gasteiger partial charge in [-0.15, -0.1) is 0 Å². The van der Waals surface area contributed by atoms with E-state index in [2.05, 4.69) is 81.9 Å². The van der Waals surface area contributed by atoms with Crippen LogP contribution in [0.15, 0.2) is 0 Å². The lowest BCUT2D eigenvalue weighted by molar-refractivity contribution is -0.298. The Balaban J connectivity index is -0.000000790. The molecule has 0 saturated carbocycles. The van der Waals surface area contributed by atoms with Crippen LogP contribution in [0.1, 0.15) is 107 Å². The van der Waals surface area contributed by atoms with Gasteiger partial charge in [0.15, 0.2) is 5.12 Å². The average molecular weight is 713 g/mol. The molecular formula is C31H60N4O12S. The quantitative estimate of drug-likeness (QED) is 0.0859. The first kappa shape index (κ1) is 49.6. The molecule has 0 aromatic carbocycles. The Kier molecular flexibility index (Phi) is 30.1. The molecule has 0 aliphatic rings. The third-order valence-corrected chi connectivity index (χ3v) is 5.91. The first-order valence-electron chi connectivity index (χ1n) is 15.6. The minimum absolute atomic E-state index is 0.0544. The molecule has 0 rings (SSSR count). The van der Waals surface area contributed by atoms with Crippen LogP contribution in [0.3, 0.4) is 0 Å². The molecular weight excluding hydrogens is 652 g/mol. The fraction of sp³-hybridized carbons (Fsp3) is 0.806. The van der Waals surface area contributed by atoms with Crippen molar-refractivity contribution in [3.8, 4) is 0 Å². The zero-order valence-electron chi connectivity index (χ0n) is 30.6. The molecule has 0 fully saturated rings. The Hall–Kier alpha value is -2.83. The number of carbonyl (C=O) groups is 6. The van der Waals surface area contributed by atoms with Crippen LogP contribution < -0.4 is 21.7 Å². The fourth-order valence-electron chi connectivity index (χ4n) is 2.98. The van der Waals surface area contributed by atoms with E-state index in [1.54, 1.807) is 13.2 Å². The Labute approximate surface area is 289 Å². The third-order valence-electron chi connectivity index (χ3n) is 5.29. The molecule has 48 heavy (non-hydrogen) atoms. The van der Waals surface area contributed by atoms with Crippen molar-refractivity contribution in [1.29, 1.82) is 0 Å². The third kappa shape index (κ3) is 41.2. The highest BCUT2D eigenvalue weighted by Gasteiger charge is 2.18. The number of nitrogens with one attached hydrogen (secondary N) is 3. The van der Waals surface area contributed by atoms with E-state index in [4.69, 9.17) is 10.6 Å². The van der Waals surface area contributed by atoms with Gasteiger partial charge in [-0.25, -0.2) is 14.4 Å². The van der Waals surface area contributed by atoms with Gasteiger partial charge in [-0.1, -0.05) is 32.5 Å². The summed E-state index contributed by atoms with van der Waals surface area (Å²) in [5, 5.41) is 8.43. The maximum atomic E-state index is 11.8. The predicted octanol–water partition coefficient (Wildman–Crippen LogP) is 3.01. The van der Waals surface area contributed by atoms with E-state index in [-0.39, 0.29) is 53.8 Å². The highest BCUT2D eigenvalue weighted by Crippen LogP contribution is 2.20. The smallest absolute Gasteiger partial charge is 0.339 e. The zero-order chi connectivity index (χ0) is 37.8.